The van der Waals surface area contributed by atoms with Crippen LogP contribution >= 0.6 is 0 Å². The Balaban J connectivity index is 1.27. The van der Waals surface area contributed by atoms with Crippen molar-refractivity contribution in [3.05, 3.63) is 59.2 Å². The minimum atomic E-state index is -0.307. The number of carbonyl (C=O) groups is 1. The van der Waals surface area contributed by atoms with Crippen molar-refractivity contribution in [2.45, 2.75) is 85.2 Å². The standard InChI is InChI=1S/C31H38N8O2/c1-16(2)39-15-22(18(4)37-39)26-34-25-21(11-12-32-27(25)35-26)20-13-17(3)24-19(14-20)9-8-10-23(24)33-28(40)29-36-30(38-41-29)31(5,6)7/h11-17,23-24H,8-10H2,1-7H3,(H,33,40)(H,32,34,35). The lowest BCUT2D eigenvalue weighted by atomic mass is 9.69. The average molecular weight is 555 g/mol. The zero-order valence-electron chi connectivity index (χ0n) is 24.8. The van der Waals surface area contributed by atoms with Gasteiger partial charge in [0, 0.05) is 41.4 Å². The molecule has 1 amide bonds. The summed E-state index contributed by atoms with van der Waals surface area (Å²) < 4.78 is 7.27. The summed E-state index contributed by atoms with van der Waals surface area (Å²) in [5.41, 5.74) is 6.81. The summed E-state index contributed by atoms with van der Waals surface area (Å²) in [6.07, 6.45) is 11.4. The van der Waals surface area contributed by atoms with Crippen LogP contribution in [-0.2, 0) is 5.41 Å². The van der Waals surface area contributed by atoms with E-state index < -0.39 is 0 Å². The molecule has 3 unspecified atom stereocenters. The largest absolute Gasteiger partial charge is 0.344 e. The normalized spacial score (nSPS) is 21.1. The number of carbonyl (C=O) groups excluding carboxylic acids is 1. The van der Waals surface area contributed by atoms with Crippen LogP contribution < -0.4 is 5.32 Å². The number of aromatic amines is 1. The first-order valence-corrected chi connectivity index (χ1v) is 14.5. The van der Waals surface area contributed by atoms with Gasteiger partial charge in [0.25, 0.3) is 0 Å². The van der Waals surface area contributed by atoms with Crippen LogP contribution in [-0.4, -0.2) is 46.8 Å². The molecule has 0 aromatic carbocycles. The third kappa shape index (κ3) is 5.00. The third-order valence-electron chi connectivity index (χ3n) is 8.20. The van der Waals surface area contributed by atoms with E-state index in [1.165, 1.54) is 5.57 Å². The Kier molecular flexibility index (Phi) is 6.66. The van der Waals surface area contributed by atoms with Crippen LogP contribution in [0, 0.1) is 18.8 Å². The zero-order chi connectivity index (χ0) is 29.1. The van der Waals surface area contributed by atoms with Crippen LogP contribution in [0.2, 0.25) is 0 Å². The van der Waals surface area contributed by atoms with E-state index in [1.807, 2.05) is 44.8 Å². The molecule has 4 aromatic heterocycles. The van der Waals surface area contributed by atoms with E-state index in [4.69, 9.17) is 9.51 Å². The Bertz CT molecular complexity index is 1680. The average Bonchev–Trinajstić information content (AvgIpc) is 3.66. The van der Waals surface area contributed by atoms with Crippen LogP contribution in [0.15, 0.2) is 40.7 Å². The number of allylic oxidation sites excluding steroid dienone is 3. The Morgan fingerprint density at radius 1 is 1.22 bits per heavy atom. The van der Waals surface area contributed by atoms with Crippen molar-refractivity contribution in [2.75, 3.05) is 0 Å². The van der Waals surface area contributed by atoms with E-state index in [-0.39, 0.29) is 41.1 Å². The zero-order valence-corrected chi connectivity index (χ0v) is 24.8. The fourth-order valence-corrected chi connectivity index (χ4v) is 6.08. The molecule has 41 heavy (non-hydrogen) atoms. The predicted molar refractivity (Wildman–Crippen MR) is 157 cm³/mol. The number of nitrogens with one attached hydrogen (secondary N) is 2. The number of pyridine rings is 1. The van der Waals surface area contributed by atoms with Crippen molar-refractivity contribution < 1.29 is 9.32 Å². The molecule has 2 aliphatic rings. The fraction of sp³-hybridized carbons (Fsp3) is 0.484. The van der Waals surface area contributed by atoms with Crippen molar-refractivity contribution in [3.63, 3.8) is 0 Å². The molecule has 0 spiro atoms. The second kappa shape index (κ2) is 10.1. The molecule has 3 atom stereocenters. The van der Waals surface area contributed by atoms with E-state index in [1.54, 1.807) is 0 Å². The van der Waals surface area contributed by atoms with Crippen molar-refractivity contribution in [1.29, 1.82) is 0 Å². The summed E-state index contributed by atoms with van der Waals surface area (Å²) in [6, 6.07) is 2.32. The lowest BCUT2D eigenvalue weighted by Gasteiger charge is -2.39. The van der Waals surface area contributed by atoms with Gasteiger partial charge in [-0.1, -0.05) is 50.6 Å². The molecule has 10 nitrogen and oxygen atoms in total. The van der Waals surface area contributed by atoms with E-state index in [2.05, 4.69) is 69.5 Å². The van der Waals surface area contributed by atoms with Gasteiger partial charge in [0.15, 0.2) is 11.5 Å². The number of H-pyrrole nitrogens is 1. The topological polar surface area (TPSA) is 127 Å². The number of imidazole rings is 1. The minimum absolute atomic E-state index is 0.00280. The molecule has 0 bridgehead atoms. The maximum Gasteiger partial charge on any atom is 0.315 e. The van der Waals surface area contributed by atoms with Crippen LogP contribution in [0.25, 0.3) is 28.1 Å². The van der Waals surface area contributed by atoms with Crippen LogP contribution in [0.1, 0.15) is 94.6 Å². The van der Waals surface area contributed by atoms with Gasteiger partial charge in [0.05, 0.1) is 16.8 Å². The highest BCUT2D eigenvalue weighted by Gasteiger charge is 2.37. The molecule has 2 aliphatic carbocycles. The van der Waals surface area contributed by atoms with Gasteiger partial charge in [-0.15, -0.1) is 0 Å². The second-order valence-electron chi connectivity index (χ2n) is 12.7. The SMILES string of the molecule is Cc1nn(C(C)C)cc1-c1nc2nccc(C3=CC(C)C4C(=C3)CCCC4NC(=O)c3nc(C(C)(C)C)no3)c2[nH]1. The van der Waals surface area contributed by atoms with Gasteiger partial charge in [0.1, 0.15) is 5.82 Å². The smallest absolute Gasteiger partial charge is 0.315 e. The monoisotopic (exact) mass is 554 g/mol. The number of hydrogen-bond donors (Lipinski definition) is 2. The highest BCUT2D eigenvalue weighted by molar-refractivity contribution is 5.93. The van der Waals surface area contributed by atoms with Crippen LogP contribution in [0.5, 0.6) is 0 Å². The van der Waals surface area contributed by atoms with Gasteiger partial charge >= 0.3 is 11.8 Å². The van der Waals surface area contributed by atoms with Crippen molar-refractivity contribution in [3.8, 4) is 11.4 Å². The van der Waals surface area contributed by atoms with Crippen LogP contribution in [0.3, 0.4) is 0 Å². The minimum Gasteiger partial charge on any atom is -0.344 e. The molecule has 6 rings (SSSR count). The Morgan fingerprint density at radius 3 is 2.73 bits per heavy atom. The molecule has 4 heterocycles. The highest BCUT2D eigenvalue weighted by Crippen LogP contribution is 2.42. The van der Waals surface area contributed by atoms with E-state index in [0.29, 0.717) is 11.5 Å². The predicted octanol–water partition coefficient (Wildman–Crippen LogP) is 5.95. The van der Waals surface area contributed by atoms with Gasteiger partial charge in [-0.05, 0) is 57.6 Å². The Morgan fingerprint density at radius 2 is 2.02 bits per heavy atom. The number of nitrogens with zero attached hydrogens (tertiary/aromatic N) is 6. The summed E-state index contributed by atoms with van der Waals surface area (Å²) in [6.45, 7) is 14.4. The number of hydrogen-bond acceptors (Lipinski definition) is 7. The number of aromatic nitrogens is 7. The van der Waals surface area contributed by atoms with Gasteiger partial charge in [-0.2, -0.15) is 10.1 Å². The third-order valence-corrected chi connectivity index (χ3v) is 8.20. The first-order valence-electron chi connectivity index (χ1n) is 14.5. The highest BCUT2D eigenvalue weighted by atomic mass is 16.5. The summed E-state index contributed by atoms with van der Waals surface area (Å²) in [7, 11) is 0. The molecular formula is C31H38N8O2. The quantitative estimate of drug-likeness (QED) is 0.312. The Labute approximate surface area is 239 Å². The maximum atomic E-state index is 13.1. The molecule has 2 N–H and O–H groups in total. The summed E-state index contributed by atoms with van der Waals surface area (Å²) in [5, 5.41) is 11.9. The van der Waals surface area contributed by atoms with Crippen molar-refractivity contribution in [1.82, 2.24) is 40.2 Å². The van der Waals surface area contributed by atoms with Gasteiger partial charge in [0.2, 0.25) is 0 Å². The summed E-state index contributed by atoms with van der Waals surface area (Å²) in [5.74, 6) is 1.45. The first-order chi connectivity index (χ1) is 19.5. The lowest BCUT2D eigenvalue weighted by Crippen LogP contribution is -2.45. The summed E-state index contributed by atoms with van der Waals surface area (Å²) >= 11 is 0. The van der Waals surface area contributed by atoms with E-state index >= 15 is 0 Å². The second-order valence-corrected chi connectivity index (χ2v) is 12.7. The molecule has 0 radical (unpaired) electrons. The van der Waals surface area contributed by atoms with Crippen LogP contribution in [0.4, 0.5) is 0 Å². The van der Waals surface area contributed by atoms with Gasteiger partial charge in [-0.25, -0.2) is 9.97 Å². The fourth-order valence-electron chi connectivity index (χ4n) is 6.08. The maximum absolute atomic E-state index is 13.1. The summed E-state index contributed by atoms with van der Waals surface area (Å²) in [4.78, 5) is 30.4. The van der Waals surface area contributed by atoms with Crippen molar-refractivity contribution >= 4 is 22.6 Å². The first kappa shape index (κ1) is 27.1. The molecule has 1 saturated carbocycles. The molecule has 0 saturated heterocycles. The number of rotatable bonds is 5. The molecule has 4 aromatic rings. The van der Waals surface area contributed by atoms with Gasteiger partial charge in [-0.3, -0.25) is 9.48 Å². The van der Waals surface area contributed by atoms with Crippen molar-refractivity contribution in [2.24, 2.45) is 11.8 Å². The van der Waals surface area contributed by atoms with Gasteiger partial charge < -0.3 is 14.8 Å². The van der Waals surface area contributed by atoms with E-state index in [9.17, 15) is 4.79 Å². The molecule has 214 valence electrons. The lowest BCUT2D eigenvalue weighted by molar-refractivity contribution is 0.0866. The molecular weight excluding hydrogens is 516 g/mol. The molecule has 0 aliphatic heterocycles. The molecule has 1 fully saturated rings. The molecule has 10 heteroatoms. The number of fused-ring (bicyclic) bond motifs is 2. The van der Waals surface area contributed by atoms with E-state index in [0.717, 1.165) is 53.0 Å². The Hall–Kier alpha value is -4.08. The number of aryl methyl sites for hydroxylation is 1. The number of amides is 1.